The van der Waals surface area contributed by atoms with Gasteiger partial charge in [0.15, 0.2) is 0 Å². The van der Waals surface area contributed by atoms with Gasteiger partial charge in [0.2, 0.25) is 0 Å². The Morgan fingerprint density at radius 3 is 2.75 bits per heavy atom. The van der Waals surface area contributed by atoms with Gasteiger partial charge in [-0.25, -0.2) is 4.79 Å². The SMILES string of the molecule is CC[S@](=O)Cc1ccccc1OC(=O)NC. The number of rotatable bonds is 4. The molecule has 0 saturated heterocycles. The molecular weight excluding hydrogens is 226 g/mol. The fourth-order valence-corrected chi connectivity index (χ4v) is 1.94. The average Bonchev–Trinajstić information content (AvgIpc) is 2.31. The van der Waals surface area contributed by atoms with E-state index in [0.717, 1.165) is 5.56 Å². The smallest absolute Gasteiger partial charge is 0.410 e. The molecule has 88 valence electrons. The quantitative estimate of drug-likeness (QED) is 0.872. The Labute approximate surface area is 97.5 Å². The topological polar surface area (TPSA) is 55.4 Å². The van der Waals surface area contributed by atoms with Crippen molar-refractivity contribution in [1.82, 2.24) is 5.32 Å². The number of hydrogen-bond acceptors (Lipinski definition) is 3. The molecule has 0 bridgehead atoms. The first kappa shape index (κ1) is 12.7. The van der Waals surface area contributed by atoms with E-state index >= 15 is 0 Å². The molecule has 4 nitrogen and oxygen atoms in total. The van der Waals surface area contributed by atoms with Crippen LogP contribution in [0.3, 0.4) is 0 Å². The van der Waals surface area contributed by atoms with Crippen LogP contribution in [0, 0.1) is 0 Å². The highest BCUT2D eigenvalue weighted by Crippen LogP contribution is 2.19. The third kappa shape index (κ3) is 3.66. The van der Waals surface area contributed by atoms with Gasteiger partial charge in [0, 0.05) is 29.2 Å². The monoisotopic (exact) mass is 241 g/mol. The van der Waals surface area contributed by atoms with E-state index in [0.29, 0.717) is 17.3 Å². The Kier molecular flexibility index (Phi) is 4.98. The molecule has 1 atom stereocenters. The number of amides is 1. The van der Waals surface area contributed by atoms with Gasteiger partial charge in [-0.3, -0.25) is 4.21 Å². The van der Waals surface area contributed by atoms with Crippen molar-refractivity contribution in [1.29, 1.82) is 0 Å². The van der Waals surface area contributed by atoms with Gasteiger partial charge in [0.1, 0.15) is 5.75 Å². The number of carbonyl (C=O) groups is 1. The van der Waals surface area contributed by atoms with E-state index in [9.17, 15) is 9.00 Å². The van der Waals surface area contributed by atoms with Crippen LogP contribution in [0.5, 0.6) is 5.75 Å². The van der Waals surface area contributed by atoms with E-state index in [1.807, 2.05) is 19.1 Å². The number of carbonyl (C=O) groups excluding carboxylic acids is 1. The first-order valence-corrected chi connectivity index (χ1v) is 6.48. The van der Waals surface area contributed by atoms with Crippen molar-refractivity contribution >= 4 is 16.9 Å². The van der Waals surface area contributed by atoms with Crippen molar-refractivity contribution in [2.75, 3.05) is 12.8 Å². The molecule has 0 radical (unpaired) electrons. The molecule has 1 aromatic rings. The van der Waals surface area contributed by atoms with Crippen LogP contribution in [0.25, 0.3) is 0 Å². The summed E-state index contributed by atoms with van der Waals surface area (Å²) in [6.45, 7) is 1.86. The summed E-state index contributed by atoms with van der Waals surface area (Å²) in [6.07, 6.45) is -0.519. The Hall–Kier alpha value is -1.36. The van der Waals surface area contributed by atoms with Gasteiger partial charge in [0.05, 0.1) is 5.75 Å². The van der Waals surface area contributed by atoms with Gasteiger partial charge in [0.25, 0.3) is 0 Å². The standard InChI is InChI=1S/C11H15NO3S/c1-3-16(14)8-9-6-4-5-7-10(9)15-11(13)12-2/h4-7H,3,8H2,1-2H3,(H,12,13)/t16-/m0/s1. The number of hydrogen-bond donors (Lipinski definition) is 1. The molecule has 0 heterocycles. The lowest BCUT2D eigenvalue weighted by Gasteiger charge is -2.08. The van der Waals surface area contributed by atoms with Crippen molar-refractivity contribution in [3.8, 4) is 5.75 Å². The van der Waals surface area contributed by atoms with Gasteiger partial charge in [-0.05, 0) is 6.07 Å². The highest BCUT2D eigenvalue weighted by atomic mass is 32.2. The van der Waals surface area contributed by atoms with Gasteiger partial charge in [-0.15, -0.1) is 0 Å². The molecule has 0 aliphatic heterocycles. The van der Waals surface area contributed by atoms with E-state index in [1.54, 1.807) is 12.1 Å². The number of para-hydroxylation sites is 1. The molecule has 1 N–H and O–H groups in total. The van der Waals surface area contributed by atoms with Crippen molar-refractivity contribution in [3.63, 3.8) is 0 Å². The van der Waals surface area contributed by atoms with E-state index in [4.69, 9.17) is 4.74 Å². The summed E-state index contributed by atoms with van der Waals surface area (Å²) in [5.74, 6) is 1.46. The van der Waals surface area contributed by atoms with Gasteiger partial charge in [-0.1, -0.05) is 25.1 Å². The van der Waals surface area contributed by atoms with Crippen molar-refractivity contribution in [3.05, 3.63) is 29.8 Å². The maximum absolute atomic E-state index is 11.4. The van der Waals surface area contributed by atoms with Gasteiger partial charge in [-0.2, -0.15) is 0 Å². The van der Waals surface area contributed by atoms with Crippen LogP contribution in [0.1, 0.15) is 12.5 Å². The third-order valence-electron chi connectivity index (χ3n) is 2.02. The lowest BCUT2D eigenvalue weighted by Crippen LogP contribution is -2.22. The molecule has 0 saturated carbocycles. The lowest BCUT2D eigenvalue weighted by molar-refractivity contribution is 0.202. The summed E-state index contributed by atoms with van der Waals surface area (Å²) in [5, 5.41) is 2.37. The van der Waals surface area contributed by atoms with Crippen LogP contribution in [0.15, 0.2) is 24.3 Å². The van der Waals surface area contributed by atoms with E-state index in [2.05, 4.69) is 5.32 Å². The molecule has 1 rings (SSSR count). The van der Waals surface area contributed by atoms with Crippen molar-refractivity contribution in [2.24, 2.45) is 0 Å². The Morgan fingerprint density at radius 2 is 2.12 bits per heavy atom. The molecular formula is C11H15NO3S. The zero-order chi connectivity index (χ0) is 12.0. The second-order valence-corrected chi connectivity index (χ2v) is 4.87. The van der Waals surface area contributed by atoms with Crippen LogP contribution < -0.4 is 10.1 Å². The third-order valence-corrected chi connectivity index (χ3v) is 3.29. The average molecular weight is 241 g/mol. The Morgan fingerprint density at radius 1 is 1.44 bits per heavy atom. The summed E-state index contributed by atoms with van der Waals surface area (Å²) in [7, 11) is 0.578. The number of benzene rings is 1. The maximum Gasteiger partial charge on any atom is 0.412 e. The second kappa shape index (κ2) is 6.27. The summed E-state index contributed by atoms with van der Waals surface area (Å²) in [5.41, 5.74) is 0.784. The van der Waals surface area contributed by atoms with Crippen molar-refractivity contribution < 1.29 is 13.7 Å². The molecule has 0 aliphatic rings. The van der Waals surface area contributed by atoms with Crippen LogP contribution >= 0.6 is 0 Å². The van der Waals surface area contributed by atoms with Crippen molar-refractivity contribution in [2.45, 2.75) is 12.7 Å². The van der Waals surface area contributed by atoms with Gasteiger partial charge < -0.3 is 10.1 Å². The normalized spacial score (nSPS) is 11.9. The highest BCUT2D eigenvalue weighted by molar-refractivity contribution is 7.84. The largest absolute Gasteiger partial charge is 0.412 e. The lowest BCUT2D eigenvalue weighted by atomic mass is 10.2. The molecule has 1 amide bonds. The van der Waals surface area contributed by atoms with Crippen LogP contribution in [-0.2, 0) is 16.6 Å². The van der Waals surface area contributed by atoms with Crippen LogP contribution in [0.2, 0.25) is 0 Å². The zero-order valence-corrected chi connectivity index (χ0v) is 10.2. The Bertz CT molecular complexity index is 356. The predicted molar refractivity (Wildman–Crippen MR) is 63.9 cm³/mol. The predicted octanol–water partition coefficient (Wildman–Crippen LogP) is 1.67. The molecule has 0 spiro atoms. The second-order valence-electron chi connectivity index (χ2n) is 3.12. The fourth-order valence-electron chi connectivity index (χ4n) is 1.15. The highest BCUT2D eigenvalue weighted by Gasteiger charge is 2.09. The molecule has 1 aromatic carbocycles. The Balaban J connectivity index is 2.83. The molecule has 5 heteroatoms. The van der Waals surface area contributed by atoms with E-state index < -0.39 is 16.9 Å². The van der Waals surface area contributed by atoms with Gasteiger partial charge >= 0.3 is 6.09 Å². The molecule has 0 fully saturated rings. The fraction of sp³-hybridized carbons (Fsp3) is 0.364. The summed E-state index contributed by atoms with van der Waals surface area (Å²) in [6, 6.07) is 7.11. The molecule has 16 heavy (non-hydrogen) atoms. The van der Waals surface area contributed by atoms with Crippen LogP contribution in [-0.4, -0.2) is 23.1 Å². The first-order valence-electron chi connectivity index (χ1n) is 4.99. The minimum atomic E-state index is -0.917. The van der Waals surface area contributed by atoms with Crippen LogP contribution in [0.4, 0.5) is 4.79 Å². The molecule has 0 aliphatic carbocycles. The van der Waals surface area contributed by atoms with E-state index in [-0.39, 0.29) is 0 Å². The zero-order valence-electron chi connectivity index (χ0n) is 9.36. The minimum absolute atomic E-state index is 0.406. The summed E-state index contributed by atoms with van der Waals surface area (Å²) in [4.78, 5) is 11.1. The number of nitrogens with one attached hydrogen (secondary N) is 1. The summed E-state index contributed by atoms with van der Waals surface area (Å²) < 4.78 is 16.5. The maximum atomic E-state index is 11.4. The minimum Gasteiger partial charge on any atom is -0.410 e. The first-order chi connectivity index (χ1) is 7.67. The molecule has 0 unspecified atom stereocenters. The molecule has 0 aromatic heterocycles. The summed E-state index contributed by atoms with van der Waals surface area (Å²) >= 11 is 0. The number of ether oxygens (including phenoxy) is 1. The van der Waals surface area contributed by atoms with E-state index in [1.165, 1.54) is 7.05 Å².